The first-order chi connectivity index (χ1) is 13.0. The number of carbonyl (C=O) groups excluding carboxylic acids is 1. The molecule has 0 radical (unpaired) electrons. The van der Waals surface area contributed by atoms with E-state index in [1.165, 1.54) is 17.4 Å². The first-order valence-electron chi connectivity index (χ1n) is 7.55. The molecule has 4 rings (SSSR count). The Morgan fingerprint density at radius 3 is 2.70 bits per heavy atom. The number of rotatable bonds is 4. The van der Waals surface area contributed by atoms with Crippen molar-refractivity contribution in [1.29, 1.82) is 0 Å². The summed E-state index contributed by atoms with van der Waals surface area (Å²) in [5.41, 5.74) is 6.87. The lowest BCUT2D eigenvalue weighted by atomic mass is 10.2. The zero-order chi connectivity index (χ0) is 19.0. The van der Waals surface area contributed by atoms with Crippen LogP contribution in [-0.2, 0) is 0 Å². The minimum absolute atomic E-state index is 0.150. The van der Waals surface area contributed by atoms with Crippen molar-refractivity contribution in [2.75, 3.05) is 11.1 Å². The van der Waals surface area contributed by atoms with Gasteiger partial charge in [0.25, 0.3) is 11.6 Å². The van der Waals surface area contributed by atoms with Crippen LogP contribution in [0.1, 0.15) is 9.67 Å². The fourth-order valence-corrected chi connectivity index (χ4v) is 4.07. The van der Waals surface area contributed by atoms with E-state index >= 15 is 0 Å². The van der Waals surface area contributed by atoms with Crippen molar-refractivity contribution >= 4 is 55.3 Å². The highest BCUT2D eigenvalue weighted by atomic mass is 32.1. The van der Waals surface area contributed by atoms with E-state index < -0.39 is 10.8 Å². The van der Waals surface area contributed by atoms with Gasteiger partial charge in [-0.2, -0.15) is 0 Å². The summed E-state index contributed by atoms with van der Waals surface area (Å²) in [5.74, 6) is -0.464. The van der Waals surface area contributed by atoms with E-state index in [0.29, 0.717) is 20.4 Å². The molecule has 1 amide bonds. The molecule has 3 heterocycles. The van der Waals surface area contributed by atoms with Gasteiger partial charge in [-0.1, -0.05) is 41.7 Å². The van der Waals surface area contributed by atoms with Gasteiger partial charge in [0.2, 0.25) is 5.13 Å². The highest BCUT2D eigenvalue weighted by Gasteiger charge is 2.21. The third kappa shape index (κ3) is 3.20. The molecule has 134 valence electrons. The van der Waals surface area contributed by atoms with Gasteiger partial charge in [-0.3, -0.25) is 20.2 Å². The van der Waals surface area contributed by atoms with Gasteiger partial charge in [-0.15, -0.1) is 21.5 Å². The van der Waals surface area contributed by atoms with Gasteiger partial charge in [0.05, 0.1) is 10.6 Å². The van der Waals surface area contributed by atoms with Crippen LogP contribution in [-0.4, -0.2) is 26.0 Å². The van der Waals surface area contributed by atoms with Crippen LogP contribution in [0.3, 0.4) is 0 Å². The van der Waals surface area contributed by atoms with Gasteiger partial charge in [0.15, 0.2) is 0 Å². The molecule has 0 aliphatic rings. The molecular weight excluding hydrogens is 388 g/mol. The van der Waals surface area contributed by atoms with E-state index in [0.717, 1.165) is 23.1 Å². The Hall–Kier alpha value is -3.44. The van der Waals surface area contributed by atoms with Crippen LogP contribution in [0, 0.1) is 10.1 Å². The summed E-state index contributed by atoms with van der Waals surface area (Å²) in [6.45, 7) is 0. The number of fused-ring (bicyclic) bond motifs is 1. The zero-order valence-corrected chi connectivity index (χ0v) is 15.1. The van der Waals surface area contributed by atoms with E-state index in [2.05, 4.69) is 20.5 Å². The Balaban J connectivity index is 1.61. The number of pyridine rings is 1. The maximum absolute atomic E-state index is 12.6. The van der Waals surface area contributed by atoms with Gasteiger partial charge in [0, 0.05) is 17.0 Å². The van der Waals surface area contributed by atoms with E-state index in [1.807, 2.05) is 30.3 Å². The van der Waals surface area contributed by atoms with Crippen LogP contribution >= 0.6 is 22.7 Å². The molecule has 4 aromatic rings. The molecule has 0 aliphatic heterocycles. The SMILES string of the molecule is Nc1c(C(=O)Nc2nnc(-c3ccccc3)s2)sc2ncc([N+](=O)[O-])cc12. The Morgan fingerprint density at radius 1 is 1.19 bits per heavy atom. The van der Waals surface area contributed by atoms with E-state index in [4.69, 9.17) is 5.73 Å². The summed E-state index contributed by atoms with van der Waals surface area (Å²) in [7, 11) is 0. The number of carbonyl (C=O) groups is 1. The molecule has 1 aromatic carbocycles. The van der Waals surface area contributed by atoms with Gasteiger partial charge in [0.1, 0.15) is 20.9 Å². The van der Waals surface area contributed by atoms with Crippen molar-refractivity contribution in [3.63, 3.8) is 0 Å². The van der Waals surface area contributed by atoms with Gasteiger partial charge in [-0.05, 0) is 0 Å². The molecule has 0 bridgehead atoms. The number of amides is 1. The average molecular weight is 398 g/mol. The van der Waals surface area contributed by atoms with E-state index in [9.17, 15) is 14.9 Å². The number of nitrogens with two attached hydrogens (primary N) is 1. The molecule has 0 unspecified atom stereocenters. The lowest BCUT2D eigenvalue weighted by molar-refractivity contribution is -0.385. The van der Waals surface area contributed by atoms with Gasteiger partial charge >= 0.3 is 0 Å². The molecule has 0 atom stereocenters. The number of benzene rings is 1. The third-order valence-electron chi connectivity index (χ3n) is 3.65. The smallest absolute Gasteiger partial charge is 0.288 e. The zero-order valence-electron chi connectivity index (χ0n) is 13.4. The number of nitro groups is 1. The Bertz CT molecular complexity index is 1170. The first kappa shape index (κ1) is 17.0. The summed E-state index contributed by atoms with van der Waals surface area (Å²) in [5, 5.41) is 23.0. The van der Waals surface area contributed by atoms with E-state index in [-0.39, 0.29) is 16.3 Å². The van der Waals surface area contributed by atoms with Crippen LogP contribution in [0.15, 0.2) is 42.6 Å². The molecule has 3 aromatic heterocycles. The summed E-state index contributed by atoms with van der Waals surface area (Å²) < 4.78 is 0. The van der Waals surface area contributed by atoms with Crippen LogP contribution in [0.5, 0.6) is 0 Å². The standard InChI is InChI=1S/C16H10N6O3S2/c17-11-10-6-9(22(24)25)7-18-15(10)26-12(11)13(23)19-16-21-20-14(27-16)8-4-2-1-3-5-8/h1-7H,17H2,(H,19,21,23). The number of thiophene rings is 1. The molecule has 27 heavy (non-hydrogen) atoms. The van der Waals surface area contributed by atoms with Gasteiger partial charge in [-0.25, -0.2) is 4.98 Å². The molecule has 0 saturated carbocycles. The Kier molecular flexibility index (Phi) is 4.22. The lowest BCUT2D eigenvalue weighted by Crippen LogP contribution is -2.11. The number of aromatic nitrogens is 3. The Labute approximate surface area is 159 Å². The van der Waals surface area contributed by atoms with Crippen molar-refractivity contribution < 1.29 is 9.72 Å². The van der Waals surface area contributed by atoms with Crippen LogP contribution in [0.25, 0.3) is 20.8 Å². The predicted octanol–water partition coefficient (Wildman–Crippen LogP) is 3.56. The van der Waals surface area contributed by atoms with Crippen molar-refractivity contribution in [1.82, 2.24) is 15.2 Å². The number of nitrogen functional groups attached to an aromatic ring is 1. The highest BCUT2D eigenvalue weighted by Crippen LogP contribution is 2.35. The second-order valence-corrected chi connectivity index (χ2v) is 7.36. The molecular formula is C16H10N6O3S2. The van der Waals surface area contributed by atoms with Crippen molar-refractivity contribution in [3.05, 3.63) is 57.6 Å². The maximum Gasteiger partial charge on any atom is 0.288 e. The third-order valence-corrected chi connectivity index (χ3v) is 5.67. The van der Waals surface area contributed by atoms with Crippen LogP contribution in [0.4, 0.5) is 16.5 Å². The topological polar surface area (TPSA) is 137 Å². The molecule has 0 fully saturated rings. The molecule has 0 aliphatic carbocycles. The second kappa shape index (κ2) is 6.70. The summed E-state index contributed by atoms with van der Waals surface area (Å²) >= 11 is 2.29. The second-order valence-electron chi connectivity index (χ2n) is 5.38. The molecule has 11 heteroatoms. The fourth-order valence-electron chi connectivity index (χ4n) is 2.38. The fraction of sp³-hybridized carbons (Fsp3) is 0. The molecule has 0 spiro atoms. The number of hydrogen-bond acceptors (Lipinski definition) is 9. The monoisotopic (exact) mass is 398 g/mol. The molecule has 3 N–H and O–H groups in total. The summed E-state index contributed by atoms with van der Waals surface area (Å²) in [6, 6.07) is 10.8. The number of hydrogen-bond donors (Lipinski definition) is 2. The van der Waals surface area contributed by atoms with Crippen molar-refractivity contribution in [2.24, 2.45) is 0 Å². The average Bonchev–Trinajstić information content (AvgIpc) is 3.27. The molecule has 9 nitrogen and oxygen atoms in total. The minimum Gasteiger partial charge on any atom is -0.397 e. The summed E-state index contributed by atoms with van der Waals surface area (Å²) in [6.07, 6.45) is 1.14. The van der Waals surface area contributed by atoms with Crippen LogP contribution < -0.4 is 11.1 Å². The van der Waals surface area contributed by atoms with E-state index in [1.54, 1.807) is 0 Å². The van der Waals surface area contributed by atoms with Crippen molar-refractivity contribution in [3.8, 4) is 10.6 Å². The quantitative estimate of drug-likeness (QED) is 0.396. The largest absolute Gasteiger partial charge is 0.397 e. The lowest BCUT2D eigenvalue weighted by Gasteiger charge is -1.99. The van der Waals surface area contributed by atoms with Gasteiger partial charge < -0.3 is 5.73 Å². The normalized spacial score (nSPS) is 10.8. The molecule has 0 saturated heterocycles. The number of anilines is 2. The number of nitrogens with one attached hydrogen (secondary N) is 1. The first-order valence-corrected chi connectivity index (χ1v) is 9.19. The number of nitrogens with zero attached hydrogens (tertiary/aromatic N) is 4. The summed E-state index contributed by atoms with van der Waals surface area (Å²) in [4.78, 5) is 27.6. The van der Waals surface area contributed by atoms with Crippen molar-refractivity contribution in [2.45, 2.75) is 0 Å². The predicted molar refractivity (Wildman–Crippen MR) is 104 cm³/mol. The highest BCUT2D eigenvalue weighted by molar-refractivity contribution is 7.21. The maximum atomic E-state index is 12.6. The van der Waals surface area contributed by atoms with Crippen LogP contribution in [0.2, 0.25) is 0 Å². The minimum atomic E-state index is -0.560. The Morgan fingerprint density at radius 2 is 1.96 bits per heavy atom.